The van der Waals surface area contributed by atoms with Crippen molar-refractivity contribution in [1.82, 2.24) is 15.0 Å². The van der Waals surface area contributed by atoms with Crippen LogP contribution in [0.3, 0.4) is 0 Å². The standard InChI is InChI=1S/C35H42N4.2C13H8NS.C9H7NO.2C5H8O2.CH4.2Ir.Pt/c1-9-21-20(8)28-16-30-22(10-2)23(11-3)32(37-30)18-34-26(14-6)27(15-7)35(39-34)19-33-25(13-5)24(12-4)31(38-33)17-29(21)36-28;2*1-2-7-12-10(5-1)9-13(15-12)11-6-3-4-8-14-11;11-8-5-1-3-7-4-2-6-10-9(7)8;2*1-4(6)3-5(2)7;;;;/h16-19H,9-15H2,1-8H3;2*1-8H;1-6,11H;2*3,6H,1-2H3;1H4;;;/q;2*-1;;;;;;;. The van der Waals surface area contributed by atoms with Gasteiger partial charge < -0.3 is 25.3 Å². The Hall–Kier alpha value is -7.90. The van der Waals surface area contributed by atoms with Crippen LogP contribution in [-0.4, -0.2) is 64.7 Å². The van der Waals surface area contributed by atoms with Gasteiger partial charge in [0.15, 0.2) is 11.6 Å². The molecule has 12 nitrogen and oxygen atoms in total. The number of carbonyl (C=O) groups is 2. The Morgan fingerprint density at radius 1 is 0.439 bits per heavy atom. The first-order chi connectivity index (χ1) is 45.4. The predicted molar refractivity (Wildman–Crippen MR) is 400 cm³/mol. The molecule has 0 amide bonds. The number of aromatic hydroxyl groups is 1. The number of thiophene rings is 2. The number of aromatic nitrogens is 3. The van der Waals surface area contributed by atoms with E-state index in [2.05, 4.69) is 143 Å². The molecule has 8 bridgehead atoms. The van der Waals surface area contributed by atoms with Crippen molar-refractivity contribution in [2.45, 2.75) is 135 Å². The Kier molecular flexibility index (Phi) is 33.9. The molecule has 0 spiro atoms. The Labute approximate surface area is 627 Å². The summed E-state index contributed by atoms with van der Waals surface area (Å²) in [6.45, 7) is 23.5. The molecular formula is C81H85Ir2N7O5PtS2-2. The molecule has 0 fully saturated rings. The molecule has 0 unspecified atom stereocenters. The molecule has 13 rings (SSSR count). The first-order valence-electron chi connectivity index (χ1n) is 31.9. The number of pyridine rings is 3. The third-order valence-electron chi connectivity index (χ3n) is 15.6. The van der Waals surface area contributed by atoms with E-state index < -0.39 is 0 Å². The second kappa shape index (κ2) is 40.2. The fraction of sp³-hybridized carbons (Fsp3) is 0.247. The molecule has 5 aliphatic heterocycles. The quantitative estimate of drug-likeness (QED) is 0.0649. The zero-order chi connectivity index (χ0) is 67.4. The molecule has 98 heavy (non-hydrogen) atoms. The van der Waals surface area contributed by atoms with Crippen LogP contribution in [0.1, 0.15) is 135 Å². The normalized spacial score (nSPS) is 14.3. The number of nitrogens with zero attached hydrogens (tertiary/aromatic N) is 7. The number of rotatable bonds is 11. The van der Waals surface area contributed by atoms with Gasteiger partial charge in [-0.15, -0.1) is 47.2 Å². The molecule has 8 aromatic rings. The number of phenols is 1. The van der Waals surface area contributed by atoms with Gasteiger partial charge in [0, 0.05) is 109 Å². The van der Waals surface area contributed by atoms with Crippen LogP contribution in [-0.2, 0) is 70.9 Å². The van der Waals surface area contributed by atoms with Crippen LogP contribution in [0.2, 0.25) is 0 Å². The minimum atomic E-state index is -0.125. The van der Waals surface area contributed by atoms with Gasteiger partial charge in [0.05, 0.1) is 57.2 Å². The average molecular weight is 1880 g/mol. The minimum absolute atomic E-state index is 0. The van der Waals surface area contributed by atoms with E-state index in [0.717, 1.165) is 117 Å². The van der Waals surface area contributed by atoms with Crippen molar-refractivity contribution in [3.63, 3.8) is 0 Å². The van der Waals surface area contributed by atoms with Crippen LogP contribution in [0.4, 0.5) is 0 Å². The number of para-hydroxylation sites is 1. The summed E-state index contributed by atoms with van der Waals surface area (Å²) < 4.78 is 2.52. The summed E-state index contributed by atoms with van der Waals surface area (Å²) in [4.78, 5) is 55.8. The average Bonchev–Trinajstić information content (AvgIpc) is 1.62. The van der Waals surface area contributed by atoms with Crippen molar-refractivity contribution in [3.8, 4) is 26.9 Å². The maximum atomic E-state index is 10.0. The summed E-state index contributed by atoms with van der Waals surface area (Å²) in [7, 11) is 0. The number of aliphatic hydroxyl groups is 2. The molecule has 0 saturated heterocycles. The number of fused-ring (bicyclic) bond motifs is 7. The summed E-state index contributed by atoms with van der Waals surface area (Å²) in [5.74, 6) is 0.114. The van der Waals surface area contributed by atoms with Gasteiger partial charge in [-0.2, -0.15) is 0 Å². The Bertz CT molecular complexity index is 4400. The van der Waals surface area contributed by atoms with Crippen LogP contribution >= 0.6 is 22.7 Å². The van der Waals surface area contributed by atoms with E-state index >= 15 is 0 Å². The molecule has 0 saturated carbocycles. The summed E-state index contributed by atoms with van der Waals surface area (Å²) >= 11 is 3.46. The molecule has 3 N–H and O–H groups in total. The molecule has 5 aromatic heterocycles. The molecule has 0 atom stereocenters. The fourth-order valence-electron chi connectivity index (χ4n) is 11.4. The summed E-state index contributed by atoms with van der Waals surface area (Å²) in [5, 5.41) is 29.3. The Balaban J connectivity index is 0.000000284. The van der Waals surface area contributed by atoms with Crippen LogP contribution in [0, 0.1) is 12.1 Å². The number of benzene rings is 3. The van der Waals surface area contributed by atoms with Crippen molar-refractivity contribution < 1.29 is 86.2 Å². The van der Waals surface area contributed by atoms with Gasteiger partial charge in [-0.05, 0) is 192 Å². The van der Waals surface area contributed by atoms with E-state index in [0.29, 0.717) is 5.52 Å². The number of carbonyl (C=O) groups excluding carboxylic acids is 2. The van der Waals surface area contributed by atoms with Crippen molar-refractivity contribution in [2.75, 3.05) is 0 Å². The third kappa shape index (κ3) is 21.3. The predicted octanol–water partition coefficient (Wildman–Crippen LogP) is 21.6. The van der Waals surface area contributed by atoms with E-state index in [1.165, 1.54) is 105 Å². The Morgan fingerprint density at radius 2 is 0.786 bits per heavy atom. The van der Waals surface area contributed by atoms with Gasteiger partial charge in [-0.1, -0.05) is 123 Å². The molecule has 17 heteroatoms. The van der Waals surface area contributed by atoms with Crippen LogP contribution in [0.25, 0.3) is 52.2 Å². The number of hydrogen-bond acceptors (Lipinski definition) is 14. The monoisotopic (exact) mass is 1880 g/mol. The SMILES string of the molecule is C.CC(=O)C=C(C)O.CC(=O)C=C(C)O.CCC1=C(C)C2=CC3=NC(=CC4=NC(=CC5=NC(=CC1=N2)C(CC)=C5CC)C(CC)=C4CC)C(CC)=C3CC.Oc1cccc2cccnc12.[Ir].[Ir].[Pt].[c-]1c(-c2ccccn2)sc2ccccc12.[c-]1c(-c2ccccn2)sc2ccccc12. The number of aliphatic imine (C=N–C) groups is 4. The van der Waals surface area contributed by atoms with E-state index in [-0.39, 0.29) is 97.5 Å². The van der Waals surface area contributed by atoms with Crippen LogP contribution in [0.5, 0.6) is 5.75 Å². The van der Waals surface area contributed by atoms with E-state index in [9.17, 15) is 14.7 Å². The van der Waals surface area contributed by atoms with Gasteiger partial charge in [0.1, 0.15) is 11.3 Å². The van der Waals surface area contributed by atoms with Gasteiger partial charge in [-0.3, -0.25) is 14.6 Å². The van der Waals surface area contributed by atoms with Crippen molar-refractivity contribution >= 4 is 88.2 Å². The zero-order valence-corrected chi connectivity index (χ0v) is 65.4. The maximum absolute atomic E-state index is 10.0. The second-order valence-corrected chi connectivity index (χ2v) is 24.3. The third-order valence-corrected chi connectivity index (χ3v) is 17.7. The molecular weight excluding hydrogens is 1790 g/mol. The summed E-state index contributed by atoms with van der Waals surface area (Å²) in [6, 6.07) is 44.3. The molecule has 516 valence electrons. The van der Waals surface area contributed by atoms with Crippen molar-refractivity contribution in [3.05, 3.63) is 261 Å². The molecule has 2 radical (unpaired) electrons. The number of aliphatic hydroxyl groups excluding tert-OH is 2. The van der Waals surface area contributed by atoms with E-state index in [1.54, 1.807) is 41.0 Å². The van der Waals surface area contributed by atoms with Crippen LogP contribution < -0.4 is 0 Å². The molecule has 0 aliphatic carbocycles. The number of allylic oxidation sites excluding steroid dienone is 16. The molecule has 3 aromatic carbocycles. The van der Waals surface area contributed by atoms with Gasteiger partial charge >= 0.3 is 0 Å². The molecule has 10 heterocycles. The van der Waals surface area contributed by atoms with E-state index in [4.69, 9.17) is 30.2 Å². The van der Waals surface area contributed by atoms with Crippen molar-refractivity contribution in [2.24, 2.45) is 20.0 Å². The van der Waals surface area contributed by atoms with Crippen molar-refractivity contribution in [1.29, 1.82) is 0 Å². The summed E-state index contributed by atoms with van der Waals surface area (Å²) in [5.41, 5.74) is 21.6. The number of hydrogen-bond donors (Lipinski definition) is 3. The summed E-state index contributed by atoms with van der Waals surface area (Å²) in [6.07, 6.45) is 23.2. The largest absolute Gasteiger partial charge is 0.512 e. The minimum Gasteiger partial charge on any atom is -0.512 e. The van der Waals surface area contributed by atoms with Gasteiger partial charge in [0.25, 0.3) is 0 Å². The Morgan fingerprint density at radius 3 is 1.12 bits per heavy atom. The maximum Gasteiger partial charge on any atom is 0.155 e. The molecule has 5 aliphatic rings. The fourth-order valence-corrected chi connectivity index (χ4v) is 13.4. The van der Waals surface area contributed by atoms with E-state index in [1.807, 2.05) is 79.1 Å². The van der Waals surface area contributed by atoms with Gasteiger partial charge in [-0.25, -0.2) is 42.6 Å². The van der Waals surface area contributed by atoms with Crippen LogP contribution in [0.15, 0.2) is 269 Å². The zero-order valence-electron chi connectivity index (χ0n) is 56.7. The number of phenolic OH excluding ortho intramolecular Hbond substituents is 1. The smallest absolute Gasteiger partial charge is 0.155 e. The van der Waals surface area contributed by atoms with Gasteiger partial charge in [0.2, 0.25) is 0 Å². The first kappa shape index (κ1) is 82.5. The number of ketones is 2. The second-order valence-electron chi connectivity index (χ2n) is 22.2. The topological polar surface area (TPSA) is 183 Å². The first-order valence-corrected chi connectivity index (χ1v) is 33.6.